The maximum absolute atomic E-state index is 5.88. The first-order valence-corrected chi connectivity index (χ1v) is 7.19. The largest absolute Gasteiger partial charge is 0.496 e. The van der Waals surface area contributed by atoms with Crippen molar-refractivity contribution in [3.8, 4) is 5.75 Å². The lowest BCUT2D eigenvalue weighted by molar-refractivity contribution is 0.405. The number of ether oxygens (including phenoxy) is 1. The van der Waals surface area contributed by atoms with Crippen molar-refractivity contribution in [1.29, 1.82) is 0 Å². The molecule has 1 fully saturated rings. The first kappa shape index (κ1) is 13.3. The quantitative estimate of drug-likeness (QED) is 0.870. The SMILES string of the molecule is COc1ccccc1CNCc1ccc([C@H]2C[C@@H]2C)o1. The number of rotatable bonds is 6. The molecule has 0 radical (unpaired) electrons. The number of methoxy groups -OCH3 is 1. The lowest BCUT2D eigenvalue weighted by Crippen LogP contribution is -2.12. The number of furan rings is 1. The minimum Gasteiger partial charge on any atom is -0.496 e. The van der Waals surface area contributed by atoms with Gasteiger partial charge in [-0.15, -0.1) is 0 Å². The fraction of sp³-hybridized carbons (Fsp3) is 0.412. The molecule has 3 heteroatoms. The van der Waals surface area contributed by atoms with Crippen LogP contribution in [0.1, 0.15) is 36.3 Å². The minimum absolute atomic E-state index is 0.651. The van der Waals surface area contributed by atoms with E-state index < -0.39 is 0 Å². The number of hydrogen-bond donors (Lipinski definition) is 1. The number of para-hydroxylation sites is 1. The molecule has 0 bridgehead atoms. The van der Waals surface area contributed by atoms with Gasteiger partial charge in [0, 0.05) is 18.0 Å². The van der Waals surface area contributed by atoms with Crippen LogP contribution in [0.3, 0.4) is 0 Å². The maximum atomic E-state index is 5.88. The Kier molecular flexibility index (Phi) is 3.79. The number of benzene rings is 1. The van der Waals surface area contributed by atoms with Crippen molar-refractivity contribution < 1.29 is 9.15 Å². The normalized spacial score (nSPS) is 20.9. The summed E-state index contributed by atoms with van der Waals surface area (Å²) in [5.74, 6) is 4.51. The molecule has 20 heavy (non-hydrogen) atoms. The molecule has 1 heterocycles. The van der Waals surface area contributed by atoms with Gasteiger partial charge in [0.15, 0.2) is 0 Å². The molecular weight excluding hydrogens is 250 g/mol. The standard InChI is InChI=1S/C17H21NO2/c1-12-9-15(12)17-8-7-14(20-17)11-18-10-13-5-3-4-6-16(13)19-2/h3-8,12,15,18H,9-11H2,1-2H3/t12-,15-/m0/s1. The monoisotopic (exact) mass is 271 g/mol. The summed E-state index contributed by atoms with van der Waals surface area (Å²) in [6.07, 6.45) is 1.27. The van der Waals surface area contributed by atoms with E-state index in [9.17, 15) is 0 Å². The molecule has 1 saturated carbocycles. The zero-order valence-corrected chi connectivity index (χ0v) is 12.1. The second kappa shape index (κ2) is 5.71. The van der Waals surface area contributed by atoms with Gasteiger partial charge >= 0.3 is 0 Å². The van der Waals surface area contributed by atoms with Crippen LogP contribution < -0.4 is 10.1 Å². The van der Waals surface area contributed by atoms with Crippen LogP contribution in [-0.2, 0) is 13.1 Å². The molecule has 1 N–H and O–H groups in total. The fourth-order valence-electron chi connectivity index (χ4n) is 2.58. The lowest BCUT2D eigenvalue weighted by atomic mass is 10.2. The van der Waals surface area contributed by atoms with Crippen molar-refractivity contribution >= 4 is 0 Å². The lowest BCUT2D eigenvalue weighted by Gasteiger charge is -2.08. The summed E-state index contributed by atoms with van der Waals surface area (Å²) in [7, 11) is 1.70. The van der Waals surface area contributed by atoms with Gasteiger partial charge < -0.3 is 14.5 Å². The number of hydrogen-bond acceptors (Lipinski definition) is 3. The van der Waals surface area contributed by atoms with Crippen molar-refractivity contribution in [2.24, 2.45) is 5.92 Å². The van der Waals surface area contributed by atoms with Gasteiger partial charge in [-0.25, -0.2) is 0 Å². The molecule has 0 spiro atoms. The third kappa shape index (κ3) is 2.88. The van der Waals surface area contributed by atoms with Crippen LogP contribution in [-0.4, -0.2) is 7.11 Å². The predicted octanol–water partition coefficient (Wildman–Crippen LogP) is 3.70. The van der Waals surface area contributed by atoms with Gasteiger partial charge in [-0.05, 0) is 30.5 Å². The van der Waals surface area contributed by atoms with Crippen LogP contribution in [0.25, 0.3) is 0 Å². The Balaban J connectivity index is 1.53. The van der Waals surface area contributed by atoms with Gasteiger partial charge in [0.05, 0.1) is 13.7 Å². The van der Waals surface area contributed by atoms with Gasteiger partial charge in [0.1, 0.15) is 17.3 Å². The van der Waals surface area contributed by atoms with Crippen molar-refractivity contribution in [3.05, 3.63) is 53.5 Å². The van der Waals surface area contributed by atoms with E-state index in [1.54, 1.807) is 7.11 Å². The summed E-state index contributed by atoms with van der Waals surface area (Å²) in [6, 6.07) is 12.3. The molecular formula is C17H21NO2. The first-order chi connectivity index (χ1) is 9.78. The minimum atomic E-state index is 0.651. The highest BCUT2D eigenvalue weighted by Crippen LogP contribution is 2.47. The summed E-state index contributed by atoms with van der Waals surface area (Å²) < 4.78 is 11.2. The third-order valence-corrected chi connectivity index (χ3v) is 3.96. The van der Waals surface area contributed by atoms with Crippen molar-refractivity contribution in [3.63, 3.8) is 0 Å². The first-order valence-electron chi connectivity index (χ1n) is 7.19. The van der Waals surface area contributed by atoms with E-state index in [-0.39, 0.29) is 0 Å². The second-order valence-electron chi connectivity index (χ2n) is 5.54. The zero-order chi connectivity index (χ0) is 13.9. The molecule has 1 aromatic carbocycles. The molecule has 3 nitrogen and oxygen atoms in total. The smallest absolute Gasteiger partial charge is 0.123 e. The Morgan fingerprint density at radius 2 is 2.00 bits per heavy atom. The topological polar surface area (TPSA) is 34.4 Å². The molecule has 0 saturated heterocycles. The summed E-state index contributed by atoms with van der Waals surface area (Å²) in [4.78, 5) is 0. The van der Waals surface area contributed by atoms with E-state index in [1.165, 1.54) is 6.42 Å². The molecule has 3 rings (SSSR count). The van der Waals surface area contributed by atoms with E-state index in [2.05, 4.69) is 30.4 Å². The Morgan fingerprint density at radius 1 is 1.20 bits per heavy atom. The predicted molar refractivity (Wildman–Crippen MR) is 78.8 cm³/mol. The van der Waals surface area contributed by atoms with E-state index in [1.807, 2.05) is 18.2 Å². The summed E-state index contributed by atoms with van der Waals surface area (Å²) in [5.41, 5.74) is 1.16. The third-order valence-electron chi connectivity index (χ3n) is 3.96. The molecule has 1 aliphatic carbocycles. The highest BCUT2D eigenvalue weighted by Gasteiger charge is 2.36. The van der Waals surface area contributed by atoms with Crippen LogP contribution in [0, 0.1) is 5.92 Å². The Morgan fingerprint density at radius 3 is 2.75 bits per heavy atom. The fourth-order valence-corrected chi connectivity index (χ4v) is 2.58. The van der Waals surface area contributed by atoms with Gasteiger partial charge in [-0.1, -0.05) is 25.1 Å². The second-order valence-corrected chi connectivity index (χ2v) is 5.54. The molecule has 1 aliphatic rings. The van der Waals surface area contributed by atoms with Crippen LogP contribution >= 0.6 is 0 Å². The van der Waals surface area contributed by atoms with Crippen molar-refractivity contribution in [2.45, 2.75) is 32.4 Å². The van der Waals surface area contributed by atoms with Gasteiger partial charge in [-0.3, -0.25) is 0 Å². The van der Waals surface area contributed by atoms with Crippen molar-refractivity contribution in [2.75, 3.05) is 7.11 Å². The van der Waals surface area contributed by atoms with Crippen LogP contribution in [0.5, 0.6) is 5.75 Å². The Hall–Kier alpha value is -1.74. The van der Waals surface area contributed by atoms with Crippen LogP contribution in [0.15, 0.2) is 40.8 Å². The van der Waals surface area contributed by atoms with Crippen molar-refractivity contribution in [1.82, 2.24) is 5.32 Å². The highest BCUT2D eigenvalue weighted by atomic mass is 16.5. The van der Waals surface area contributed by atoms with Crippen LogP contribution in [0.4, 0.5) is 0 Å². The van der Waals surface area contributed by atoms with E-state index in [4.69, 9.17) is 9.15 Å². The van der Waals surface area contributed by atoms with E-state index >= 15 is 0 Å². The zero-order valence-electron chi connectivity index (χ0n) is 12.1. The summed E-state index contributed by atoms with van der Waals surface area (Å²) >= 11 is 0. The summed E-state index contributed by atoms with van der Waals surface area (Å²) in [6.45, 7) is 3.80. The average molecular weight is 271 g/mol. The molecule has 0 unspecified atom stereocenters. The Labute approximate surface area is 119 Å². The molecule has 106 valence electrons. The van der Waals surface area contributed by atoms with Crippen LogP contribution in [0.2, 0.25) is 0 Å². The van der Waals surface area contributed by atoms with Gasteiger partial charge in [-0.2, -0.15) is 0 Å². The molecule has 2 aromatic rings. The summed E-state index contributed by atoms with van der Waals surface area (Å²) in [5, 5.41) is 3.40. The van der Waals surface area contributed by atoms with E-state index in [0.717, 1.165) is 41.8 Å². The molecule has 0 amide bonds. The molecule has 2 atom stereocenters. The number of nitrogens with one attached hydrogen (secondary N) is 1. The molecule has 0 aliphatic heterocycles. The Bertz CT molecular complexity index is 576. The molecule has 1 aromatic heterocycles. The van der Waals surface area contributed by atoms with E-state index in [0.29, 0.717) is 5.92 Å². The highest BCUT2D eigenvalue weighted by molar-refractivity contribution is 5.33. The van der Waals surface area contributed by atoms with Gasteiger partial charge in [0.25, 0.3) is 0 Å². The maximum Gasteiger partial charge on any atom is 0.123 e. The van der Waals surface area contributed by atoms with Gasteiger partial charge in [0.2, 0.25) is 0 Å². The average Bonchev–Trinajstić information content (AvgIpc) is 3.01.